The van der Waals surface area contributed by atoms with Crippen molar-refractivity contribution in [1.29, 1.82) is 0 Å². The Morgan fingerprint density at radius 2 is 1.80 bits per heavy atom. The van der Waals surface area contributed by atoms with E-state index in [1.807, 2.05) is 4.90 Å². The molecule has 1 aliphatic heterocycles. The molecule has 1 saturated heterocycles. The van der Waals surface area contributed by atoms with Crippen molar-refractivity contribution in [3.8, 4) is 11.5 Å². The molecule has 1 aliphatic rings. The fourth-order valence-electron chi connectivity index (χ4n) is 5.23. The van der Waals surface area contributed by atoms with Gasteiger partial charge in [0.05, 0.1) is 29.9 Å². The van der Waals surface area contributed by atoms with E-state index >= 15 is 4.39 Å². The number of anilines is 1. The fourth-order valence-corrected chi connectivity index (χ4v) is 5.23. The van der Waals surface area contributed by atoms with Crippen molar-refractivity contribution in [2.45, 2.75) is 31.9 Å². The summed E-state index contributed by atoms with van der Waals surface area (Å²) >= 11 is 0. The molecule has 0 unspecified atom stereocenters. The zero-order valence-electron chi connectivity index (χ0n) is 22.7. The van der Waals surface area contributed by atoms with Gasteiger partial charge in [-0.2, -0.15) is 0 Å². The van der Waals surface area contributed by atoms with E-state index in [9.17, 15) is 23.1 Å². The van der Waals surface area contributed by atoms with Gasteiger partial charge in [0.25, 0.3) is 0 Å². The zero-order chi connectivity index (χ0) is 29.0. The van der Waals surface area contributed by atoms with E-state index in [1.54, 1.807) is 43.4 Å². The van der Waals surface area contributed by atoms with Crippen molar-refractivity contribution in [2.24, 2.45) is 5.41 Å². The molecule has 1 aromatic heterocycles. The maximum absolute atomic E-state index is 16.0. The van der Waals surface area contributed by atoms with Crippen LogP contribution in [-0.2, 0) is 4.79 Å². The zero-order valence-corrected chi connectivity index (χ0v) is 22.7. The number of ether oxygens (including phenoxy) is 2. The van der Waals surface area contributed by atoms with Crippen molar-refractivity contribution >= 4 is 22.6 Å². The number of methoxy groups -OCH3 is 1. The number of piperidine rings is 1. The van der Waals surface area contributed by atoms with Gasteiger partial charge in [0.15, 0.2) is 17.5 Å². The van der Waals surface area contributed by atoms with Crippen molar-refractivity contribution in [3.05, 3.63) is 59.5 Å². The molecule has 2 heterocycles. The second kappa shape index (κ2) is 12.3. The van der Waals surface area contributed by atoms with Gasteiger partial charge in [-0.25, -0.2) is 17.6 Å². The Hall–Kier alpha value is -3.60. The molecule has 0 bridgehead atoms. The predicted octanol–water partition coefficient (Wildman–Crippen LogP) is 5.76. The second-order valence-corrected chi connectivity index (χ2v) is 10.3. The molecule has 7 nitrogen and oxygen atoms in total. The molecule has 1 atom stereocenters. The van der Waals surface area contributed by atoms with Gasteiger partial charge in [0, 0.05) is 43.7 Å². The number of pyridine rings is 1. The summed E-state index contributed by atoms with van der Waals surface area (Å²) in [7, 11) is 5.15. The first-order valence-electron chi connectivity index (χ1n) is 13.1. The first-order chi connectivity index (χ1) is 19.0. The second-order valence-electron chi connectivity index (χ2n) is 10.3. The van der Waals surface area contributed by atoms with E-state index in [2.05, 4.69) is 4.98 Å². The Labute approximate surface area is 230 Å². The van der Waals surface area contributed by atoms with Gasteiger partial charge in [0.2, 0.25) is 0 Å². The summed E-state index contributed by atoms with van der Waals surface area (Å²) in [5.41, 5.74) is 0.619. The molecule has 1 fully saturated rings. The van der Waals surface area contributed by atoms with Crippen LogP contribution in [0.5, 0.6) is 11.5 Å². The first kappa shape index (κ1) is 29.4. The Morgan fingerprint density at radius 1 is 1.12 bits per heavy atom. The minimum absolute atomic E-state index is 0.0221. The Kier molecular flexibility index (Phi) is 9.02. The molecular weight excluding hydrogens is 530 g/mol. The molecule has 40 heavy (non-hydrogen) atoms. The van der Waals surface area contributed by atoms with Crippen LogP contribution >= 0.6 is 0 Å². The Balaban J connectivity index is 1.40. The van der Waals surface area contributed by atoms with Crippen LogP contribution in [0.15, 0.2) is 36.5 Å². The lowest BCUT2D eigenvalue weighted by Crippen LogP contribution is -2.45. The number of carboxylic acid groups (broad SMARTS) is 1. The van der Waals surface area contributed by atoms with Gasteiger partial charge in [-0.3, -0.25) is 14.7 Å². The molecule has 2 aromatic carbocycles. The average molecular weight is 564 g/mol. The van der Waals surface area contributed by atoms with Crippen LogP contribution in [0.1, 0.15) is 37.4 Å². The van der Waals surface area contributed by atoms with Crippen molar-refractivity contribution in [1.82, 2.24) is 9.88 Å². The van der Waals surface area contributed by atoms with E-state index in [1.165, 1.54) is 7.11 Å². The lowest BCUT2D eigenvalue weighted by Gasteiger charge is -2.39. The van der Waals surface area contributed by atoms with E-state index in [-0.39, 0.29) is 25.2 Å². The largest absolute Gasteiger partial charge is 0.497 e. The Morgan fingerprint density at radius 3 is 2.40 bits per heavy atom. The average Bonchev–Trinajstić information content (AvgIpc) is 2.94. The number of hydrogen-bond acceptors (Lipinski definition) is 6. The van der Waals surface area contributed by atoms with Crippen LogP contribution in [0, 0.1) is 22.9 Å². The number of aliphatic carboxylic acids is 1. The molecular formula is C29H33F4N3O4. The number of rotatable bonds is 11. The molecule has 3 aromatic rings. The molecule has 0 aliphatic carbocycles. The molecule has 216 valence electrons. The summed E-state index contributed by atoms with van der Waals surface area (Å²) in [6.07, 6.45) is 1.02. The number of hydrogen-bond donors (Lipinski definition) is 1. The van der Waals surface area contributed by atoms with Crippen LogP contribution in [0.2, 0.25) is 0 Å². The molecule has 0 saturated carbocycles. The smallest absolute Gasteiger partial charge is 0.309 e. The first-order valence-corrected chi connectivity index (χ1v) is 13.1. The Bertz CT molecular complexity index is 1340. The highest BCUT2D eigenvalue weighted by Crippen LogP contribution is 2.43. The number of carbonyl (C=O) groups is 1. The van der Waals surface area contributed by atoms with Gasteiger partial charge in [-0.15, -0.1) is 0 Å². The van der Waals surface area contributed by atoms with Crippen LogP contribution in [0.25, 0.3) is 10.9 Å². The third kappa shape index (κ3) is 6.24. The highest BCUT2D eigenvalue weighted by molar-refractivity contribution is 5.88. The number of aromatic nitrogens is 1. The summed E-state index contributed by atoms with van der Waals surface area (Å²) in [5.74, 6) is -4.73. The number of fused-ring (bicyclic) bond motifs is 1. The highest BCUT2D eigenvalue weighted by Gasteiger charge is 2.42. The van der Waals surface area contributed by atoms with E-state index in [4.69, 9.17) is 9.47 Å². The van der Waals surface area contributed by atoms with Gasteiger partial charge in [-0.05, 0) is 57.0 Å². The monoisotopic (exact) mass is 563 g/mol. The minimum Gasteiger partial charge on any atom is -0.497 e. The quantitative estimate of drug-likeness (QED) is 0.235. The lowest BCUT2D eigenvalue weighted by molar-refractivity contribution is -0.153. The normalized spacial score (nSPS) is 16.1. The van der Waals surface area contributed by atoms with Gasteiger partial charge in [-0.1, -0.05) is 0 Å². The van der Waals surface area contributed by atoms with Crippen LogP contribution in [-0.4, -0.2) is 68.4 Å². The third-order valence-corrected chi connectivity index (χ3v) is 7.67. The molecule has 0 radical (unpaired) electrons. The van der Waals surface area contributed by atoms with Crippen LogP contribution in [0.4, 0.5) is 23.2 Å². The topological polar surface area (TPSA) is 75.1 Å². The summed E-state index contributed by atoms with van der Waals surface area (Å²) in [5, 5.41) is 10.8. The van der Waals surface area contributed by atoms with Crippen molar-refractivity contribution < 1.29 is 36.9 Å². The molecule has 4 rings (SSSR count). The molecule has 11 heteroatoms. The van der Waals surface area contributed by atoms with Gasteiger partial charge in [0.1, 0.15) is 24.3 Å². The van der Waals surface area contributed by atoms with E-state index < -0.39 is 35.0 Å². The third-order valence-electron chi connectivity index (χ3n) is 7.67. The van der Waals surface area contributed by atoms with Crippen LogP contribution in [0.3, 0.4) is 0 Å². The highest BCUT2D eigenvalue weighted by atomic mass is 19.2. The summed E-state index contributed by atoms with van der Waals surface area (Å²) in [4.78, 5) is 20.6. The number of carboxylic acids is 1. The van der Waals surface area contributed by atoms with Gasteiger partial charge >= 0.3 is 5.97 Å². The number of likely N-dealkylation sites (tertiary alicyclic amines) is 1. The standard InChI is InChI=1S/C29H33F4N3O4/c1-35(2)25-17-34-24-5-4-18(39-3)14-20(24)26(25)21(30)6-7-29(28(37)38)8-10-36(11-9-29)12-13-40-19-15-22(31)27(33)23(32)16-19/h4-5,14-17,21H,6-13H2,1-3H3,(H,37,38)/t21-/m0/s1. The molecule has 1 N–H and O–H groups in total. The van der Waals surface area contributed by atoms with Gasteiger partial charge < -0.3 is 19.5 Å². The number of halogens is 4. The number of benzene rings is 2. The van der Waals surface area contributed by atoms with Crippen LogP contribution < -0.4 is 14.4 Å². The minimum atomic E-state index is -1.56. The molecule has 0 amide bonds. The summed E-state index contributed by atoms with van der Waals surface area (Å²) in [6.45, 7) is 1.36. The SMILES string of the molecule is COc1ccc2ncc(N(C)C)c([C@@H](F)CCC3(C(=O)O)CCN(CCOc4cc(F)c(F)c(F)c4)CC3)c2c1. The summed E-state index contributed by atoms with van der Waals surface area (Å²) < 4.78 is 66.6. The maximum atomic E-state index is 16.0. The van der Waals surface area contributed by atoms with E-state index in [0.29, 0.717) is 60.4 Å². The lowest BCUT2D eigenvalue weighted by atomic mass is 9.74. The maximum Gasteiger partial charge on any atom is 0.309 e. The van der Waals surface area contributed by atoms with Crippen molar-refractivity contribution in [3.63, 3.8) is 0 Å². The predicted molar refractivity (Wildman–Crippen MR) is 143 cm³/mol. The van der Waals surface area contributed by atoms with Crippen molar-refractivity contribution in [2.75, 3.05) is 52.3 Å². The number of alkyl halides is 1. The fraction of sp³-hybridized carbons (Fsp3) is 0.448. The van der Waals surface area contributed by atoms with E-state index in [0.717, 1.165) is 12.1 Å². The number of nitrogens with zero attached hydrogens (tertiary/aromatic N) is 3. The summed E-state index contributed by atoms with van der Waals surface area (Å²) in [6, 6.07) is 6.84. The molecule has 0 spiro atoms.